The van der Waals surface area contributed by atoms with Gasteiger partial charge in [-0.1, -0.05) is 11.6 Å². The second-order valence-corrected chi connectivity index (χ2v) is 3.69. The Balaban J connectivity index is 2.87. The zero-order chi connectivity index (χ0) is 11.3. The molecule has 0 spiro atoms. The number of ether oxygens (including phenoxy) is 1. The van der Waals surface area contributed by atoms with Gasteiger partial charge in [0.15, 0.2) is 0 Å². The second-order valence-electron chi connectivity index (χ2n) is 3.29. The highest BCUT2D eigenvalue weighted by atomic mass is 35.5. The van der Waals surface area contributed by atoms with E-state index in [0.29, 0.717) is 29.3 Å². The molecule has 0 heterocycles. The molecule has 0 fully saturated rings. The molecule has 2 nitrogen and oxygen atoms in total. The van der Waals surface area contributed by atoms with E-state index in [1.807, 2.05) is 0 Å². The summed E-state index contributed by atoms with van der Waals surface area (Å²) in [7, 11) is 1.49. The molecule has 0 aliphatic heterocycles. The Bertz CT molecular complexity index is 331. The van der Waals surface area contributed by atoms with E-state index in [-0.39, 0.29) is 5.82 Å². The maximum Gasteiger partial charge on any atom is 0.143 e. The van der Waals surface area contributed by atoms with Crippen molar-refractivity contribution in [2.24, 2.45) is 5.73 Å². The molecule has 0 aromatic heterocycles. The third-order valence-electron chi connectivity index (χ3n) is 2.24. The lowest BCUT2D eigenvalue weighted by molar-refractivity contribution is 0.403. The summed E-state index contributed by atoms with van der Waals surface area (Å²) in [6.45, 7) is 0.616. The number of unbranched alkanes of at least 4 members (excludes halogenated alkanes) is 1. The van der Waals surface area contributed by atoms with Gasteiger partial charge < -0.3 is 10.5 Å². The van der Waals surface area contributed by atoms with Crippen LogP contribution in [0.2, 0.25) is 5.02 Å². The molecule has 1 aromatic rings. The zero-order valence-electron chi connectivity index (χ0n) is 8.72. The van der Waals surface area contributed by atoms with E-state index < -0.39 is 0 Å². The summed E-state index contributed by atoms with van der Waals surface area (Å²) in [5.74, 6) is 0.168. The lowest BCUT2D eigenvalue weighted by atomic mass is 10.1. The molecule has 0 radical (unpaired) electrons. The Kier molecular flexibility index (Phi) is 4.85. The lowest BCUT2D eigenvalue weighted by Crippen LogP contribution is -2.01. The van der Waals surface area contributed by atoms with Crippen LogP contribution in [-0.2, 0) is 6.42 Å². The van der Waals surface area contributed by atoms with E-state index in [1.165, 1.54) is 19.2 Å². The lowest BCUT2D eigenvalue weighted by Gasteiger charge is -2.10. The molecule has 0 aliphatic rings. The zero-order valence-corrected chi connectivity index (χ0v) is 9.48. The predicted molar refractivity (Wildman–Crippen MR) is 60.0 cm³/mol. The summed E-state index contributed by atoms with van der Waals surface area (Å²) in [6.07, 6.45) is 2.31. The minimum Gasteiger partial charge on any atom is -0.495 e. The molecule has 4 heteroatoms. The predicted octanol–water partition coefficient (Wildman–Crippen LogP) is 2.77. The van der Waals surface area contributed by atoms with Gasteiger partial charge in [-0.25, -0.2) is 4.39 Å². The first kappa shape index (κ1) is 12.3. The molecule has 0 saturated carbocycles. The highest BCUT2D eigenvalue weighted by molar-refractivity contribution is 6.32. The van der Waals surface area contributed by atoms with Gasteiger partial charge >= 0.3 is 0 Å². The van der Waals surface area contributed by atoms with E-state index >= 15 is 0 Å². The van der Waals surface area contributed by atoms with Crippen LogP contribution in [0.5, 0.6) is 5.75 Å². The highest BCUT2D eigenvalue weighted by Crippen LogP contribution is 2.31. The fourth-order valence-corrected chi connectivity index (χ4v) is 1.73. The Labute approximate surface area is 94.2 Å². The van der Waals surface area contributed by atoms with Crippen LogP contribution in [0.25, 0.3) is 0 Å². The van der Waals surface area contributed by atoms with E-state index in [4.69, 9.17) is 22.1 Å². The summed E-state index contributed by atoms with van der Waals surface area (Å²) in [5, 5.41) is 0.446. The van der Waals surface area contributed by atoms with Crippen molar-refractivity contribution in [1.82, 2.24) is 0 Å². The topological polar surface area (TPSA) is 35.2 Å². The first-order chi connectivity index (χ1) is 7.20. The number of benzene rings is 1. The summed E-state index contributed by atoms with van der Waals surface area (Å²) < 4.78 is 18.6. The van der Waals surface area contributed by atoms with Gasteiger partial charge in [-0.05, 0) is 37.9 Å². The Hall–Kier alpha value is -0.800. The van der Waals surface area contributed by atoms with E-state index in [1.54, 1.807) is 0 Å². The maximum atomic E-state index is 13.5. The number of hydrogen-bond donors (Lipinski definition) is 1. The molecule has 0 unspecified atom stereocenters. The van der Waals surface area contributed by atoms with Gasteiger partial charge in [-0.15, -0.1) is 0 Å². The fourth-order valence-electron chi connectivity index (χ4n) is 1.47. The summed E-state index contributed by atoms with van der Waals surface area (Å²) in [6, 6.07) is 2.87. The second kappa shape index (κ2) is 5.93. The number of rotatable bonds is 5. The molecule has 0 saturated heterocycles. The van der Waals surface area contributed by atoms with Crippen molar-refractivity contribution in [3.8, 4) is 5.75 Å². The van der Waals surface area contributed by atoms with E-state index in [9.17, 15) is 4.39 Å². The number of nitrogens with two attached hydrogens (primary N) is 1. The summed E-state index contributed by atoms with van der Waals surface area (Å²) in [4.78, 5) is 0. The molecule has 1 aromatic carbocycles. The van der Waals surface area contributed by atoms with Crippen LogP contribution in [0, 0.1) is 5.82 Å². The molecule has 15 heavy (non-hydrogen) atoms. The number of methoxy groups -OCH3 is 1. The Morgan fingerprint density at radius 2 is 2.13 bits per heavy atom. The summed E-state index contributed by atoms with van der Waals surface area (Å²) >= 11 is 5.90. The van der Waals surface area contributed by atoms with Crippen molar-refractivity contribution in [3.63, 3.8) is 0 Å². The minimum atomic E-state index is -0.270. The first-order valence-electron chi connectivity index (χ1n) is 4.91. The smallest absolute Gasteiger partial charge is 0.143 e. The third-order valence-corrected chi connectivity index (χ3v) is 2.54. The van der Waals surface area contributed by atoms with Gasteiger partial charge in [0, 0.05) is 5.56 Å². The molecular formula is C11H15ClFNO. The largest absolute Gasteiger partial charge is 0.495 e. The number of halogens is 2. The molecule has 0 atom stereocenters. The Morgan fingerprint density at radius 3 is 2.73 bits per heavy atom. The first-order valence-corrected chi connectivity index (χ1v) is 5.29. The van der Waals surface area contributed by atoms with Crippen molar-refractivity contribution in [1.29, 1.82) is 0 Å². The van der Waals surface area contributed by atoms with Crippen LogP contribution in [0.15, 0.2) is 12.1 Å². The van der Waals surface area contributed by atoms with Gasteiger partial charge in [-0.3, -0.25) is 0 Å². The molecule has 84 valence electrons. The van der Waals surface area contributed by atoms with Crippen LogP contribution >= 0.6 is 11.6 Å². The van der Waals surface area contributed by atoms with Gasteiger partial charge in [0.1, 0.15) is 11.6 Å². The quantitative estimate of drug-likeness (QED) is 0.791. The van der Waals surface area contributed by atoms with Gasteiger partial charge in [-0.2, -0.15) is 0 Å². The van der Waals surface area contributed by atoms with Crippen molar-refractivity contribution < 1.29 is 9.13 Å². The van der Waals surface area contributed by atoms with Crippen LogP contribution in [0.3, 0.4) is 0 Å². The van der Waals surface area contributed by atoms with Gasteiger partial charge in [0.05, 0.1) is 12.1 Å². The molecule has 0 amide bonds. The fraction of sp³-hybridized carbons (Fsp3) is 0.455. The van der Waals surface area contributed by atoms with Crippen LogP contribution in [-0.4, -0.2) is 13.7 Å². The van der Waals surface area contributed by atoms with E-state index in [0.717, 1.165) is 12.8 Å². The molecule has 0 bridgehead atoms. The van der Waals surface area contributed by atoms with Crippen LogP contribution < -0.4 is 10.5 Å². The normalized spacial score (nSPS) is 10.4. The monoisotopic (exact) mass is 231 g/mol. The molecule has 1 rings (SSSR count). The van der Waals surface area contributed by atoms with E-state index in [2.05, 4.69) is 0 Å². The molecule has 2 N–H and O–H groups in total. The van der Waals surface area contributed by atoms with Crippen LogP contribution in [0.1, 0.15) is 18.4 Å². The van der Waals surface area contributed by atoms with Crippen molar-refractivity contribution >= 4 is 11.6 Å². The summed E-state index contributed by atoms with van der Waals surface area (Å²) in [5.41, 5.74) is 5.92. The third kappa shape index (κ3) is 3.08. The van der Waals surface area contributed by atoms with Crippen molar-refractivity contribution in [2.45, 2.75) is 19.3 Å². The Morgan fingerprint density at radius 1 is 1.40 bits per heavy atom. The minimum absolute atomic E-state index is 0.270. The van der Waals surface area contributed by atoms with Crippen LogP contribution in [0.4, 0.5) is 4.39 Å². The van der Waals surface area contributed by atoms with Gasteiger partial charge in [0.2, 0.25) is 0 Å². The molecule has 0 aliphatic carbocycles. The van der Waals surface area contributed by atoms with Crippen molar-refractivity contribution in [3.05, 3.63) is 28.5 Å². The standard InChI is InChI=1S/C11H15ClFNO/c1-15-11-8(4-2-3-7-14)10(13)6-5-9(11)12/h5-6H,2-4,7,14H2,1H3. The SMILES string of the molecule is COc1c(Cl)ccc(F)c1CCCCN. The maximum absolute atomic E-state index is 13.5. The average Bonchev–Trinajstić information content (AvgIpc) is 2.23. The van der Waals surface area contributed by atoms with Gasteiger partial charge in [0.25, 0.3) is 0 Å². The average molecular weight is 232 g/mol. The molecular weight excluding hydrogens is 217 g/mol. The highest BCUT2D eigenvalue weighted by Gasteiger charge is 2.12. The number of hydrogen-bond acceptors (Lipinski definition) is 2. The van der Waals surface area contributed by atoms with Crippen molar-refractivity contribution in [2.75, 3.05) is 13.7 Å².